The first-order valence-electron chi connectivity index (χ1n) is 9.82. The second-order valence-electron chi connectivity index (χ2n) is 7.05. The smallest absolute Gasteiger partial charge is 0.304 e. The first kappa shape index (κ1) is 23.2. The predicted molar refractivity (Wildman–Crippen MR) is 124 cm³/mol. The number of hydrogen-bond donors (Lipinski definition) is 2. The summed E-state index contributed by atoms with van der Waals surface area (Å²) in [6.45, 7) is 3.54. The summed E-state index contributed by atoms with van der Waals surface area (Å²) in [7, 11) is 1.66. The van der Waals surface area contributed by atoms with Gasteiger partial charge < -0.3 is 27.8 Å². The molecule has 0 aliphatic heterocycles. The zero-order chi connectivity index (χ0) is 21.8. The minimum atomic E-state index is -0.0940. The number of carbonyl (C=O) groups is 1. The van der Waals surface area contributed by atoms with Crippen molar-refractivity contribution < 1.29 is 26.6 Å². The molecule has 0 aliphatic carbocycles. The molecule has 32 heavy (non-hydrogen) atoms. The van der Waals surface area contributed by atoms with Crippen LogP contribution in [-0.4, -0.2) is 18.1 Å². The Labute approximate surface area is 197 Å². The van der Waals surface area contributed by atoms with E-state index in [1.165, 1.54) is 6.92 Å². The van der Waals surface area contributed by atoms with Gasteiger partial charge in [0.05, 0.1) is 18.4 Å². The van der Waals surface area contributed by atoms with Crippen LogP contribution in [0.5, 0.6) is 5.75 Å². The molecule has 0 spiro atoms. The Balaban J connectivity index is 0.00000289. The van der Waals surface area contributed by atoms with Gasteiger partial charge in [0, 0.05) is 29.8 Å². The van der Waals surface area contributed by atoms with Crippen molar-refractivity contribution in [3.05, 3.63) is 78.4 Å². The number of carbonyl (C=O) groups excluding carboxylic acids is 1. The number of amides is 1. The van der Waals surface area contributed by atoms with Crippen molar-refractivity contribution in [2.24, 2.45) is 0 Å². The van der Waals surface area contributed by atoms with Gasteiger partial charge in [0.2, 0.25) is 11.6 Å². The topological polar surface area (TPSA) is 67.1 Å². The first-order valence-corrected chi connectivity index (χ1v) is 10.6. The highest BCUT2D eigenvalue weighted by Gasteiger charge is 2.24. The molecule has 3 aromatic carbocycles. The van der Waals surface area contributed by atoms with E-state index in [2.05, 4.69) is 10.6 Å². The fourth-order valence-corrected chi connectivity index (χ4v) is 4.15. The lowest BCUT2D eigenvalue weighted by Gasteiger charge is -2.08. The first-order chi connectivity index (χ1) is 15.0. The Hall–Kier alpha value is -3.42. The molecule has 8 heteroatoms. The fraction of sp³-hybridized carbons (Fsp3) is 0.125. The molecule has 0 radical (unpaired) electrons. The molecule has 0 saturated heterocycles. The highest BCUT2D eigenvalue weighted by Crippen LogP contribution is 2.33. The summed E-state index contributed by atoms with van der Waals surface area (Å²) in [5.74, 6) is 0.664. The van der Waals surface area contributed by atoms with E-state index in [1.54, 1.807) is 18.4 Å². The van der Waals surface area contributed by atoms with E-state index in [0.717, 1.165) is 44.1 Å². The zero-order valence-electron chi connectivity index (χ0n) is 17.9. The van der Waals surface area contributed by atoms with Crippen LogP contribution in [0, 0.1) is 6.92 Å². The molecular weight excluding hydrogens is 444 g/mol. The molecule has 1 amide bonds. The number of aromatic nitrogens is 2. The summed E-state index contributed by atoms with van der Waals surface area (Å²) in [6.07, 6.45) is 0. The number of rotatable bonds is 6. The van der Waals surface area contributed by atoms with Crippen LogP contribution < -0.4 is 32.5 Å². The largest absolute Gasteiger partial charge is 1.00 e. The van der Waals surface area contributed by atoms with Crippen molar-refractivity contribution in [1.29, 1.82) is 0 Å². The average molecular weight is 467 g/mol. The molecule has 0 saturated carbocycles. The molecule has 4 aromatic rings. The maximum atomic E-state index is 11.3. The number of methoxy groups -OCH3 is 1. The Morgan fingerprint density at radius 2 is 1.75 bits per heavy atom. The second-order valence-corrected chi connectivity index (χ2v) is 8.02. The molecule has 6 nitrogen and oxygen atoms in total. The lowest BCUT2D eigenvalue weighted by Crippen LogP contribution is -3.00. The maximum absolute atomic E-state index is 11.3. The Morgan fingerprint density at radius 1 is 1.03 bits per heavy atom. The minimum Gasteiger partial charge on any atom is -1.00 e. The normalized spacial score (nSPS) is 10.2. The van der Waals surface area contributed by atoms with Crippen molar-refractivity contribution in [3.8, 4) is 22.0 Å². The van der Waals surface area contributed by atoms with Crippen molar-refractivity contribution >= 4 is 33.8 Å². The number of para-hydroxylation sites is 1. The van der Waals surface area contributed by atoms with Crippen molar-refractivity contribution in [2.45, 2.75) is 13.8 Å². The van der Waals surface area contributed by atoms with Crippen LogP contribution >= 0.6 is 11.3 Å². The standard InChI is InChI=1S/C24H22N4O2S.ClH/c1-16-9-14-22(30-3)21(15-16)26-24-27-28(20-7-5-4-6-8-20)23(31-24)18-10-12-19(13-11-18)25-17(2)29;/h4-15H,1-3H3,(H,26,27);1H. The number of ether oxygens (including phenoxy) is 1. The molecule has 1 aromatic heterocycles. The van der Waals surface area contributed by atoms with Gasteiger partial charge in [-0.15, -0.1) is 0 Å². The van der Waals surface area contributed by atoms with Crippen molar-refractivity contribution in [2.75, 3.05) is 17.7 Å². The summed E-state index contributed by atoms with van der Waals surface area (Å²) in [5.41, 5.74) is 4.71. The molecule has 0 atom stereocenters. The lowest BCUT2D eigenvalue weighted by atomic mass is 10.2. The average Bonchev–Trinajstić information content (AvgIpc) is 3.18. The van der Waals surface area contributed by atoms with Gasteiger partial charge in [-0.3, -0.25) is 4.79 Å². The Morgan fingerprint density at radius 3 is 2.41 bits per heavy atom. The van der Waals surface area contributed by atoms with Crippen LogP contribution in [0.1, 0.15) is 12.5 Å². The van der Waals surface area contributed by atoms with Gasteiger partial charge in [0.15, 0.2) is 0 Å². The van der Waals surface area contributed by atoms with Gasteiger partial charge in [-0.1, -0.05) is 24.3 Å². The van der Waals surface area contributed by atoms with Gasteiger partial charge in [-0.2, -0.15) is 0 Å². The van der Waals surface area contributed by atoms with Crippen molar-refractivity contribution in [3.63, 3.8) is 0 Å². The number of aryl methyl sites for hydroxylation is 1. The quantitative estimate of drug-likeness (QED) is 0.427. The van der Waals surface area contributed by atoms with E-state index in [1.807, 2.05) is 84.4 Å². The third-order valence-corrected chi connectivity index (χ3v) is 5.61. The van der Waals surface area contributed by atoms with Gasteiger partial charge >= 0.3 is 5.01 Å². The third-order valence-electron chi connectivity index (χ3n) is 4.63. The molecule has 0 fully saturated rings. The molecule has 0 unspecified atom stereocenters. The SMILES string of the molecule is COc1ccc(C)cc1Nc1n[n+](-c2ccccc2)c(-c2ccc(NC(C)=O)cc2)s1.[Cl-]. The Kier molecular flexibility index (Phi) is 7.45. The van der Waals surface area contributed by atoms with Crippen LogP contribution in [-0.2, 0) is 4.79 Å². The number of anilines is 3. The Bertz CT molecular complexity index is 1210. The molecule has 0 bridgehead atoms. The highest BCUT2D eigenvalue weighted by molar-refractivity contribution is 7.18. The molecule has 2 N–H and O–H groups in total. The summed E-state index contributed by atoms with van der Waals surface area (Å²) < 4.78 is 7.42. The highest BCUT2D eigenvalue weighted by atomic mass is 35.5. The van der Waals surface area contributed by atoms with E-state index >= 15 is 0 Å². The summed E-state index contributed by atoms with van der Waals surface area (Å²) in [4.78, 5) is 11.3. The van der Waals surface area contributed by atoms with Gasteiger partial charge in [0.1, 0.15) is 5.75 Å². The maximum Gasteiger partial charge on any atom is 0.304 e. The van der Waals surface area contributed by atoms with E-state index in [0.29, 0.717) is 0 Å². The molecule has 164 valence electrons. The van der Waals surface area contributed by atoms with E-state index < -0.39 is 0 Å². The molecule has 4 rings (SSSR count). The van der Waals surface area contributed by atoms with Gasteiger partial charge in [-0.25, -0.2) is 0 Å². The van der Waals surface area contributed by atoms with Crippen LogP contribution in [0.15, 0.2) is 72.8 Å². The monoisotopic (exact) mass is 466 g/mol. The van der Waals surface area contributed by atoms with Crippen LogP contribution in [0.3, 0.4) is 0 Å². The number of nitrogens with zero attached hydrogens (tertiary/aromatic N) is 2. The molecule has 1 heterocycles. The zero-order valence-corrected chi connectivity index (χ0v) is 19.5. The lowest BCUT2D eigenvalue weighted by molar-refractivity contribution is -0.642. The van der Waals surface area contributed by atoms with Gasteiger partial charge in [-0.05, 0) is 64.9 Å². The van der Waals surface area contributed by atoms with E-state index in [9.17, 15) is 4.79 Å². The molecule has 0 aliphatic rings. The summed E-state index contributed by atoms with van der Waals surface area (Å²) in [5, 5.41) is 12.7. The van der Waals surface area contributed by atoms with Crippen LogP contribution in [0.25, 0.3) is 16.3 Å². The molecular formula is C24H23ClN4O2S. The number of nitrogens with one attached hydrogen (secondary N) is 2. The summed E-state index contributed by atoms with van der Waals surface area (Å²) >= 11 is 1.54. The van der Waals surface area contributed by atoms with Gasteiger partial charge in [0.25, 0.3) is 5.13 Å². The minimum absolute atomic E-state index is 0. The van der Waals surface area contributed by atoms with Crippen molar-refractivity contribution in [1.82, 2.24) is 5.10 Å². The summed E-state index contributed by atoms with van der Waals surface area (Å²) in [6, 6.07) is 23.7. The second kappa shape index (κ2) is 10.3. The van der Waals surface area contributed by atoms with Crippen LogP contribution in [0.4, 0.5) is 16.5 Å². The number of benzene rings is 3. The predicted octanol–water partition coefficient (Wildman–Crippen LogP) is 2.11. The third kappa shape index (κ3) is 5.25. The van der Waals surface area contributed by atoms with Crippen LogP contribution in [0.2, 0.25) is 0 Å². The number of halogens is 1. The fourth-order valence-electron chi connectivity index (χ4n) is 3.20. The number of hydrogen-bond acceptors (Lipinski definition) is 5. The van der Waals surface area contributed by atoms with E-state index in [-0.39, 0.29) is 18.3 Å². The van der Waals surface area contributed by atoms with E-state index in [4.69, 9.17) is 9.84 Å².